The SMILES string of the molecule is CC(=O)OC[C]1OC(=O)c2ccccc21. The van der Waals surface area contributed by atoms with E-state index >= 15 is 0 Å². The maximum absolute atomic E-state index is 11.3. The second kappa shape index (κ2) is 3.73. The van der Waals surface area contributed by atoms with E-state index in [4.69, 9.17) is 9.47 Å². The standard InChI is InChI=1S/C11H9O4/c1-7(12)14-6-10-8-4-2-3-5-9(8)11(13)15-10/h2-5H,6H2,1H3. The van der Waals surface area contributed by atoms with Crippen LogP contribution in [0.25, 0.3) is 0 Å². The Hall–Kier alpha value is -1.84. The number of hydrogen-bond donors (Lipinski definition) is 0. The molecule has 0 bridgehead atoms. The normalized spacial score (nSPS) is 14.6. The minimum absolute atomic E-state index is 0.00190. The summed E-state index contributed by atoms with van der Waals surface area (Å²) < 4.78 is 9.76. The van der Waals surface area contributed by atoms with E-state index in [1.807, 2.05) is 0 Å². The summed E-state index contributed by atoms with van der Waals surface area (Å²) in [7, 11) is 0. The molecular weight excluding hydrogens is 196 g/mol. The Morgan fingerprint density at radius 3 is 2.67 bits per heavy atom. The molecule has 1 aliphatic heterocycles. The quantitative estimate of drug-likeness (QED) is 0.683. The Morgan fingerprint density at radius 1 is 1.33 bits per heavy atom. The van der Waals surface area contributed by atoms with Gasteiger partial charge in [-0.2, -0.15) is 0 Å². The van der Waals surface area contributed by atoms with E-state index in [1.54, 1.807) is 24.3 Å². The minimum atomic E-state index is -0.400. The number of ether oxygens (including phenoxy) is 2. The molecule has 15 heavy (non-hydrogen) atoms. The highest BCUT2D eigenvalue weighted by Crippen LogP contribution is 2.29. The first-order chi connectivity index (χ1) is 7.18. The van der Waals surface area contributed by atoms with Crippen LogP contribution in [0.2, 0.25) is 0 Å². The molecule has 0 saturated carbocycles. The van der Waals surface area contributed by atoms with Crippen molar-refractivity contribution in [1.82, 2.24) is 0 Å². The van der Waals surface area contributed by atoms with E-state index in [9.17, 15) is 9.59 Å². The van der Waals surface area contributed by atoms with Crippen LogP contribution in [0.5, 0.6) is 0 Å². The molecule has 4 heteroatoms. The van der Waals surface area contributed by atoms with Crippen LogP contribution in [0.15, 0.2) is 24.3 Å². The lowest BCUT2D eigenvalue weighted by atomic mass is 10.1. The summed E-state index contributed by atoms with van der Waals surface area (Å²) in [4.78, 5) is 22.0. The van der Waals surface area contributed by atoms with Gasteiger partial charge < -0.3 is 9.47 Å². The topological polar surface area (TPSA) is 52.6 Å². The first-order valence-corrected chi connectivity index (χ1v) is 4.49. The molecule has 0 aliphatic carbocycles. The summed E-state index contributed by atoms with van der Waals surface area (Å²) in [5.74, 6) is -0.796. The molecule has 4 nitrogen and oxygen atoms in total. The van der Waals surface area contributed by atoms with Gasteiger partial charge in [0.05, 0.1) is 5.56 Å². The van der Waals surface area contributed by atoms with E-state index in [2.05, 4.69) is 0 Å². The minimum Gasteiger partial charge on any atom is -0.461 e. The van der Waals surface area contributed by atoms with E-state index in [0.717, 1.165) is 0 Å². The second-order valence-electron chi connectivity index (χ2n) is 3.14. The molecule has 1 aliphatic rings. The molecule has 1 aromatic rings. The van der Waals surface area contributed by atoms with Crippen LogP contribution in [0.3, 0.4) is 0 Å². The van der Waals surface area contributed by atoms with Crippen molar-refractivity contribution in [3.8, 4) is 0 Å². The number of fused-ring (bicyclic) bond motifs is 1. The maximum Gasteiger partial charge on any atom is 0.339 e. The predicted octanol–water partition coefficient (Wildman–Crippen LogP) is 1.30. The summed E-state index contributed by atoms with van der Waals surface area (Å²) in [5.41, 5.74) is 1.21. The summed E-state index contributed by atoms with van der Waals surface area (Å²) >= 11 is 0. The van der Waals surface area contributed by atoms with Crippen molar-refractivity contribution >= 4 is 11.9 Å². The highest BCUT2D eigenvalue weighted by Gasteiger charge is 2.32. The maximum atomic E-state index is 11.3. The van der Waals surface area contributed by atoms with Gasteiger partial charge in [0, 0.05) is 12.5 Å². The van der Waals surface area contributed by atoms with E-state index in [-0.39, 0.29) is 6.61 Å². The lowest BCUT2D eigenvalue weighted by molar-refractivity contribution is -0.141. The summed E-state index contributed by atoms with van der Waals surface area (Å²) in [6, 6.07) is 7.00. The van der Waals surface area contributed by atoms with E-state index in [0.29, 0.717) is 17.2 Å². The third-order valence-electron chi connectivity index (χ3n) is 2.07. The van der Waals surface area contributed by atoms with Crippen LogP contribution >= 0.6 is 0 Å². The van der Waals surface area contributed by atoms with Crippen molar-refractivity contribution in [2.45, 2.75) is 6.92 Å². The number of cyclic esters (lactones) is 1. The second-order valence-corrected chi connectivity index (χ2v) is 3.14. The summed E-state index contributed by atoms with van der Waals surface area (Å²) in [5, 5.41) is 0. The zero-order valence-corrected chi connectivity index (χ0v) is 8.15. The number of esters is 2. The molecule has 77 valence electrons. The average Bonchev–Trinajstić information content (AvgIpc) is 2.54. The van der Waals surface area contributed by atoms with Gasteiger partial charge in [0.25, 0.3) is 0 Å². The molecule has 0 spiro atoms. The Morgan fingerprint density at radius 2 is 2.00 bits per heavy atom. The van der Waals surface area contributed by atoms with Gasteiger partial charge in [-0.05, 0) is 6.07 Å². The van der Waals surface area contributed by atoms with Crippen molar-refractivity contribution in [3.05, 3.63) is 41.5 Å². The van der Waals surface area contributed by atoms with Gasteiger partial charge in [-0.15, -0.1) is 0 Å². The number of rotatable bonds is 2. The zero-order valence-electron chi connectivity index (χ0n) is 8.15. The fourth-order valence-electron chi connectivity index (χ4n) is 1.40. The van der Waals surface area contributed by atoms with Crippen LogP contribution in [0, 0.1) is 6.10 Å². The fraction of sp³-hybridized carbons (Fsp3) is 0.182. The zero-order chi connectivity index (χ0) is 10.8. The first-order valence-electron chi connectivity index (χ1n) is 4.49. The third kappa shape index (κ3) is 1.83. The highest BCUT2D eigenvalue weighted by molar-refractivity contribution is 5.95. The van der Waals surface area contributed by atoms with Gasteiger partial charge in [0.15, 0.2) is 0 Å². The molecule has 0 fully saturated rings. The third-order valence-corrected chi connectivity index (χ3v) is 2.07. The molecule has 1 heterocycles. The average molecular weight is 205 g/mol. The summed E-state index contributed by atoms with van der Waals surface area (Å²) in [6.45, 7) is 1.31. The number of carbonyl (C=O) groups is 2. The molecule has 2 rings (SSSR count). The van der Waals surface area contributed by atoms with Crippen molar-refractivity contribution < 1.29 is 19.1 Å². The van der Waals surface area contributed by atoms with Crippen LogP contribution in [-0.2, 0) is 14.3 Å². The predicted molar refractivity (Wildman–Crippen MR) is 50.8 cm³/mol. The first kappa shape index (κ1) is 9.71. The smallest absolute Gasteiger partial charge is 0.339 e. The Labute approximate surface area is 86.8 Å². The molecule has 0 amide bonds. The molecule has 0 atom stereocenters. The van der Waals surface area contributed by atoms with Crippen molar-refractivity contribution in [2.75, 3.05) is 6.61 Å². The number of hydrogen-bond acceptors (Lipinski definition) is 4. The molecule has 1 radical (unpaired) electrons. The molecule has 0 saturated heterocycles. The van der Waals surface area contributed by atoms with Gasteiger partial charge in [-0.25, -0.2) is 4.79 Å². The van der Waals surface area contributed by atoms with Gasteiger partial charge >= 0.3 is 11.9 Å². The number of carbonyl (C=O) groups excluding carboxylic acids is 2. The van der Waals surface area contributed by atoms with Crippen LogP contribution < -0.4 is 0 Å². The van der Waals surface area contributed by atoms with Gasteiger partial charge in [0.1, 0.15) is 6.61 Å². The van der Waals surface area contributed by atoms with Gasteiger partial charge in [-0.3, -0.25) is 4.79 Å². The molecule has 0 unspecified atom stereocenters. The van der Waals surface area contributed by atoms with Gasteiger partial charge in [0.2, 0.25) is 6.10 Å². The lowest BCUT2D eigenvalue weighted by Gasteiger charge is -2.07. The fourth-order valence-corrected chi connectivity index (χ4v) is 1.40. The van der Waals surface area contributed by atoms with Crippen molar-refractivity contribution in [1.29, 1.82) is 0 Å². The number of benzene rings is 1. The van der Waals surface area contributed by atoms with E-state index in [1.165, 1.54) is 6.92 Å². The van der Waals surface area contributed by atoms with Crippen molar-refractivity contribution in [2.24, 2.45) is 0 Å². The van der Waals surface area contributed by atoms with E-state index < -0.39 is 11.9 Å². The Kier molecular flexibility index (Phi) is 2.41. The monoisotopic (exact) mass is 205 g/mol. The van der Waals surface area contributed by atoms with Crippen molar-refractivity contribution in [3.63, 3.8) is 0 Å². The molecule has 1 aromatic carbocycles. The molecule has 0 N–H and O–H groups in total. The van der Waals surface area contributed by atoms with Crippen LogP contribution in [0.1, 0.15) is 22.8 Å². The lowest BCUT2D eigenvalue weighted by Crippen LogP contribution is -2.11. The van der Waals surface area contributed by atoms with Crippen LogP contribution in [-0.4, -0.2) is 18.5 Å². The van der Waals surface area contributed by atoms with Crippen LogP contribution in [0.4, 0.5) is 0 Å². The molecular formula is C11H9O4. The largest absolute Gasteiger partial charge is 0.461 e. The Balaban J connectivity index is 2.17. The molecule has 0 aromatic heterocycles. The highest BCUT2D eigenvalue weighted by atomic mass is 16.6. The summed E-state index contributed by atoms with van der Waals surface area (Å²) in [6.07, 6.45) is 0.394. The van der Waals surface area contributed by atoms with Gasteiger partial charge in [-0.1, -0.05) is 18.2 Å². The Bertz CT molecular complexity index is 411.